The normalized spacial score (nSPS) is 26.0. The van der Waals surface area contributed by atoms with Crippen LogP contribution < -0.4 is 10.2 Å². The Morgan fingerprint density at radius 3 is 2.94 bits per heavy atom. The number of anilines is 1. The SMILES string of the molecule is Cc1ccncc1N1C(=O)NC2(CC2)C1O. The molecule has 1 aromatic heterocycles. The maximum Gasteiger partial charge on any atom is 0.324 e. The number of aromatic nitrogens is 1. The average Bonchev–Trinajstić information content (AvgIpc) is 2.97. The van der Waals surface area contributed by atoms with E-state index in [1.54, 1.807) is 12.4 Å². The minimum atomic E-state index is -0.775. The van der Waals surface area contributed by atoms with Crippen molar-refractivity contribution >= 4 is 11.7 Å². The van der Waals surface area contributed by atoms with Crippen molar-refractivity contribution in [2.45, 2.75) is 31.5 Å². The standard InChI is InChI=1S/C11H13N3O2/c1-7-2-5-12-6-8(7)14-9(15)11(3-4-11)13-10(14)16/h2,5-6,9,15H,3-4H2,1H3,(H,13,16). The highest BCUT2D eigenvalue weighted by Gasteiger charge is 2.59. The molecule has 0 bridgehead atoms. The fourth-order valence-electron chi connectivity index (χ4n) is 2.16. The first-order valence-corrected chi connectivity index (χ1v) is 5.34. The van der Waals surface area contributed by atoms with Crippen molar-refractivity contribution in [1.29, 1.82) is 0 Å². The van der Waals surface area contributed by atoms with E-state index in [1.165, 1.54) is 4.90 Å². The Kier molecular flexibility index (Phi) is 1.77. The van der Waals surface area contributed by atoms with E-state index in [9.17, 15) is 9.90 Å². The maximum absolute atomic E-state index is 11.8. The second-order valence-corrected chi connectivity index (χ2v) is 4.49. The topological polar surface area (TPSA) is 65.5 Å². The molecule has 1 aromatic rings. The molecule has 1 unspecified atom stereocenters. The predicted octanol–water partition coefficient (Wildman–Crippen LogP) is 0.771. The zero-order valence-corrected chi connectivity index (χ0v) is 8.97. The van der Waals surface area contributed by atoms with Crippen LogP contribution in [-0.2, 0) is 0 Å². The first kappa shape index (κ1) is 9.59. The molecule has 1 atom stereocenters. The smallest absolute Gasteiger partial charge is 0.324 e. The molecule has 1 saturated carbocycles. The summed E-state index contributed by atoms with van der Waals surface area (Å²) >= 11 is 0. The highest BCUT2D eigenvalue weighted by molar-refractivity contribution is 5.96. The number of aliphatic hydroxyl groups is 1. The molecule has 5 heteroatoms. The van der Waals surface area contributed by atoms with Crippen molar-refractivity contribution in [3.63, 3.8) is 0 Å². The van der Waals surface area contributed by atoms with Crippen molar-refractivity contribution < 1.29 is 9.90 Å². The Morgan fingerprint density at radius 1 is 1.62 bits per heavy atom. The summed E-state index contributed by atoms with van der Waals surface area (Å²) in [6, 6.07) is 1.59. The molecular weight excluding hydrogens is 206 g/mol. The zero-order valence-electron chi connectivity index (χ0n) is 8.97. The van der Waals surface area contributed by atoms with Crippen molar-refractivity contribution in [2.24, 2.45) is 0 Å². The molecule has 2 heterocycles. The predicted molar refractivity (Wildman–Crippen MR) is 58.0 cm³/mol. The van der Waals surface area contributed by atoms with Crippen LogP contribution in [0.5, 0.6) is 0 Å². The van der Waals surface area contributed by atoms with E-state index in [2.05, 4.69) is 10.3 Å². The highest BCUT2D eigenvalue weighted by Crippen LogP contribution is 2.45. The molecule has 2 aliphatic rings. The zero-order chi connectivity index (χ0) is 11.3. The Hall–Kier alpha value is -1.62. The number of carbonyl (C=O) groups is 1. The van der Waals surface area contributed by atoms with Crippen LogP contribution in [0.25, 0.3) is 0 Å². The lowest BCUT2D eigenvalue weighted by Gasteiger charge is -2.22. The second-order valence-electron chi connectivity index (χ2n) is 4.49. The molecule has 1 aliphatic carbocycles. The van der Waals surface area contributed by atoms with Crippen LogP contribution in [-0.4, -0.2) is 27.9 Å². The van der Waals surface area contributed by atoms with Crippen LogP contribution >= 0.6 is 0 Å². The lowest BCUT2D eigenvalue weighted by Crippen LogP contribution is -2.38. The summed E-state index contributed by atoms with van der Waals surface area (Å²) in [5.41, 5.74) is 1.21. The van der Waals surface area contributed by atoms with Crippen LogP contribution in [0.15, 0.2) is 18.5 Å². The number of urea groups is 1. The minimum absolute atomic E-state index is 0.235. The fraction of sp³-hybridized carbons (Fsp3) is 0.455. The maximum atomic E-state index is 11.8. The van der Waals surface area contributed by atoms with Crippen LogP contribution in [0.3, 0.4) is 0 Å². The van der Waals surface area contributed by atoms with Gasteiger partial charge in [0.05, 0.1) is 17.4 Å². The highest BCUT2D eigenvalue weighted by atomic mass is 16.3. The van der Waals surface area contributed by atoms with Gasteiger partial charge in [-0.3, -0.25) is 9.88 Å². The summed E-state index contributed by atoms with van der Waals surface area (Å²) < 4.78 is 0. The van der Waals surface area contributed by atoms with Crippen molar-refractivity contribution in [3.05, 3.63) is 24.0 Å². The third-order valence-corrected chi connectivity index (χ3v) is 3.37. The Labute approximate surface area is 93.1 Å². The first-order chi connectivity index (χ1) is 7.64. The minimum Gasteiger partial charge on any atom is -0.371 e. The third-order valence-electron chi connectivity index (χ3n) is 3.37. The van der Waals surface area contributed by atoms with Gasteiger partial charge in [-0.25, -0.2) is 4.79 Å². The van der Waals surface area contributed by atoms with Gasteiger partial charge >= 0.3 is 6.03 Å². The van der Waals surface area contributed by atoms with E-state index in [0.29, 0.717) is 5.69 Å². The molecule has 1 spiro atoms. The fourth-order valence-corrected chi connectivity index (χ4v) is 2.16. The molecular formula is C11H13N3O2. The number of nitrogens with one attached hydrogen (secondary N) is 1. The van der Waals surface area contributed by atoms with Gasteiger partial charge in [-0.05, 0) is 31.4 Å². The summed E-state index contributed by atoms with van der Waals surface area (Å²) in [4.78, 5) is 17.2. The molecule has 2 amide bonds. The van der Waals surface area contributed by atoms with E-state index in [-0.39, 0.29) is 6.03 Å². The molecule has 2 fully saturated rings. The van der Waals surface area contributed by atoms with Crippen molar-refractivity contribution in [2.75, 3.05) is 4.90 Å². The summed E-state index contributed by atoms with van der Waals surface area (Å²) in [7, 11) is 0. The van der Waals surface area contributed by atoms with Crippen LogP contribution in [0.4, 0.5) is 10.5 Å². The van der Waals surface area contributed by atoms with Gasteiger partial charge in [0, 0.05) is 6.20 Å². The second kappa shape index (κ2) is 2.95. The number of hydrogen-bond acceptors (Lipinski definition) is 3. The summed E-state index contributed by atoms with van der Waals surface area (Å²) in [6.07, 6.45) is 4.19. The van der Waals surface area contributed by atoms with E-state index < -0.39 is 11.8 Å². The number of nitrogens with zero attached hydrogens (tertiary/aromatic N) is 2. The molecule has 5 nitrogen and oxygen atoms in total. The number of rotatable bonds is 1. The van der Waals surface area contributed by atoms with Gasteiger partial charge in [-0.2, -0.15) is 0 Å². The van der Waals surface area contributed by atoms with E-state index in [4.69, 9.17) is 0 Å². The van der Waals surface area contributed by atoms with Gasteiger partial charge in [-0.15, -0.1) is 0 Å². The van der Waals surface area contributed by atoms with Gasteiger partial charge in [0.15, 0.2) is 6.23 Å². The van der Waals surface area contributed by atoms with Gasteiger partial charge in [0.25, 0.3) is 0 Å². The lowest BCUT2D eigenvalue weighted by molar-refractivity contribution is 0.151. The number of amides is 2. The monoisotopic (exact) mass is 219 g/mol. The molecule has 16 heavy (non-hydrogen) atoms. The first-order valence-electron chi connectivity index (χ1n) is 5.34. The molecule has 3 rings (SSSR count). The summed E-state index contributed by atoms with van der Waals surface area (Å²) in [5, 5.41) is 13.0. The lowest BCUT2D eigenvalue weighted by atomic mass is 10.2. The molecule has 84 valence electrons. The average molecular weight is 219 g/mol. The van der Waals surface area contributed by atoms with Gasteiger partial charge < -0.3 is 10.4 Å². The summed E-state index contributed by atoms with van der Waals surface area (Å²) in [6.45, 7) is 1.90. The van der Waals surface area contributed by atoms with Crippen LogP contribution in [0.1, 0.15) is 18.4 Å². The quantitative estimate of drug-likeness (QED) is 0.733. The summed E-state index contributed by atoms with van der Waals surface area (Å²) in [5.74, 6) is 0. The molecule has 1 aliphatic heterocycles. The Morgan fingerprint density at radius 2 is 2.38 bits per heavy atom. The van der Waals surface area contributed by atoms with E-state index in [0.717, 1.165) is 18.4 Å². The number of carbonyl (C=O) groups excluding carboxylic acids is 1. The van der Waals surface area contributed by atoms with E-state index >= 15 is 0 Å². The van der Waals surface area contributed by atoms with Gasteiger partial charge in [0.1, 0.15) is 0 Å². The third kappa shape index (κ3) is 1.15. The molecule has 0 aromatic carbocycles. The molecule has 2 N–H and O–H groups in total. The van der Waals surface area contributed by atoms with Crippen LogP contribution in [0, 0.1) is 6.92 Å². The number of aliphatic hydroxyl groups excluding tert-OH is 1. The number of hydrogen-bond donors (Lipinski definition) is 2. The Balaban J connectivity index is 2.01. The largest absolute Gasteiger partial charge is 0.371 e. The van der Waals surface area contributed by atoms with Crippen LogP contribution in [0.2, 0.25) is 0 Å². The van der Waals surface area contributed by atoms with Gasteiger partial charge in [0.2, 0.25) is 0 Å². The molecule has 1 saturated heterocycles. The number of aryl methyl sites for hydroxylation is 1. The molecule has 0 radical (unpaired) electrons. The Bertz CT molecular complexity index is 456. The van der Waals surface area contributed by atoms with Crippen molar-refractivity contribution in [1.82, 2.24) is 10.3 Å². The number of pyridine rings is 1. The van der Waals surface area contributed by atoms with Crippen molar-refractivity contribution in [3.8, 4) is 0 Å². The van der Waals surface area contributed by atoms with E-state index in [1.807, 2.05) is 13.0 Å². The van der Waals surface area contributed by atoms with Gasteiger partial charge in [-0.1, -0.05) is 0 Å².